The Hall–Kier alpha value is -1.09. The highest BCUT2D eigenvalue weighted by Crippen LogP contribution is 2.54. The number of rotatable bonds is 6. The van der Waals surface area contributed by atoms with Crippen molar-refractivity contribution in [2.75, 3.05) is 13.7 Å². The predicted octanol–water partition coefficient (Wildman–Crippen LogP) is 3.27. The quantitative estimate of drug-likeness (QED) is 0.866. The van der Waals surface area contributed by atoms with Gasteiger partial charge in [0.25, 0.3) is 0 Å². The molecule has 0 aromatic carbocycles. The first-order valence-corrected chi connectivity index (χ1v) is 7.63. The van der Waals surface area contributed by atoms with Gasteiger partial charge in [0.05, 0.1) is 7.11 Å². The van der Waals surface area contributed by atoms with Crippen LogP contribution in [0.4, 0.5) is 0 Å². The van der Waals surface area contributed by atoms with Crippen LogP contribution >= 0.6 is 0 Å². The van der Waals surface area contributed by atoms with Gasteiger partial charge in [0.15, 0.2) is 0 Å². The van der Waals surface area contributed by atoms with Crippen molar-refractivity contribution in [2.45, 2.75) is 53.5 Å². The lowest BCUT2D eigenvalue weighted by molar-refractivity contribution is 0.396. The molecule has 1 N–H and O–H groups in total. The zero-order chi connectivity index (χ0) is 14.9. The number of aromatic nitrogens is 1. The number of nitrogens with zero attached hydrogens (tertiary/aromatic N) is 1. The van der Waals surface area contributed by atoms with Crippen molar-refractivity contribution in [3.8, 4) is 5.75 Å². The maximum atomic E-state index is 5.51. The first-order valence-electron chi connectivity index (χ1n) is 7.63. The highest BCUT2D eigenvalue weighted by molar-refractivity contribution is 5.41. The van der Waals surface area contributed by atoms with E-state index in [2.05, 4.69) is 38.0 Å². The summed E-state index contributed by atoms with van der Waals surface area (Å²) in [6.45, 7) is 12.1. The summed E-state index contributed by atoms with van der Waals surface area (Å²) in [5.74, 6) is 1.75. The standard InChI is InChI=1S/C17H28N2O/c1-7-18-15(13-9-17(13,4)5)8-14-12(3)16(20-6)11(2)10-19-14/h10,13,15,18H,7-9H2,1-6H3. The highest BCUT2D eigenvalue weighted by Gasteiger charge is 2.49. The molecule has 0 radical (unpaired) electrons. The third kappa shape index (κ3) is 2.98. The Morgan fingerprint density at radius 2 is 2.10 bits per heavy atom. The normalized spacial score (nSPS) is 21.6. The van der Waals surface area contributed by atoms with Gasteiger partial charge in [-0.1, -0.05) is 20.8 Å². The molecule has 0 saturated heterocycles. The average molecular weight is 276 g/mol. The summed E-state index contributed by atoms with van der Waals surface area (Å²) in [7, 11) is 1.74. The molecular weight excluding hydrogens is 248 g/mol. The van der Waals surface area contributed by atoms with Gasteiger partial charge < -0.3 is 10.1 Å². The number of pyridine rings is 1. The molecule has 3 heteroatoms. The van der Waals surface area contributed by atoms with Crippen LogP contribution in [0.25, 0.3) is 0 Å². The molecule has 112 valence electrons. The molecule has 1 saturated carbocycles. The maximum Gasteiger partial charge on any atom is 0.128 e. The monoisotopic (exact) mass is 276 g/mol. The van der Waals surface area contributed by atoms with Crippen molar-refractivity contribution in [1.82, 2.24) is 10.3 Å². The molecule has 2 atom stereocenters. The van der Waals surface area contributed by atoms with E-state index in [1.807, 2.05) is 13.1 Å². The van der Waals surface area contributed by atoms with E-state index in [4.69, 9.17) is 4.74 Å². The van der Waals surface area contributed by atoms with Gasteiger partial charge in [-0.15, -0.1) is 0 Å². The fourth-order valence-electron chi connectivity index (χ4n) is 3.30. The second-order valence-corrected chi connectivity index (χ2v) is 6.71. The van der Waals surface area contributed by atoms with Gasteiger partial charge in [0.2, 0.25) is 0 Å². The molecular formula is C17H28N2O. The second kappa shape index (κ2) is 5.72. The molecule has 1 aromatic rings. The largest absolute Gasteiger partial charge is 0.496 e. The molecule has 2 unspecified atom stereocenters. The van der Waals surface area contributed by atoms with Crippen LogP contribution < -0.4 is 10.1 Å². The minimum Gasteiger partial charge on any atom is -0.496 e. The Balaban J connectivity index is 2.19. The number of hydrogen-bond acceptors (Lipinski definition) is 3. The van der Waals surface area contributed by atoms with Crippen LogP contribution in [0.2, 0.25) is 0 Å². The van der Waals surface area contributed by atoms with E-state index in [1.54, 1.807) is 7.11 Å². The van der Waals surface area contributed by atoms with Gasteiger partial charge >= 0.3 is 0 Å². The summed E-state index contributed by atoms with van der Waals surface area (Å²) in [6, 6.07) is 0.522. The lowest BCUT2D eigenvalue weighted by Crippen LogP contribution is -2.35. The molecule has 1 aliphatic carbocycles. The fraction of sp³-hybridized carbons (Fsp3) is 0.706. The van der Waals surface area contributed by atoms with Crippen LogP contribution in [0.1, 0.15) is 44.0 Å². The zero-order valence-electron chi connectivity index (χ0n) is 13.7. The Morgan fingerprint density at radius 1 is 1.45 bits per heavy atom. The van der Waals surface area contributed by atoms with Crippen LogP contribution in [0.15, 0.2) is 6.20 Å². The average Bonchev–Trinajstić information content (AvgIpc) is 3.01. The van der Waals surface area contributed by atoms with Gasteiger partial charge in [0, 0.05) is 35.5 Å². The lowest BCUT2D eigenvalue weighted by Gasteiger charge is -2.21. The predicted molar refractivity (Wildman–Crippen MR) is 83.3 cm³/mol. The summed E-state index contributed by atoms with van der Waals surface area (Å²) in [5.41, 5.74) is 3.95. The first kappa shape index (κ1) is 15.3. The van der Waals surface area contributed by atoms with E-state index < -0.39 is 0 Å². The SMILES string of the molecule is CCNC(Cc1ncc(C)c(OC)c1C)C1CC1(C)C. The lowest BCUT2D eigenvalue weighted by atomic mass is 9.97. The second-order valence-electron chi connectivity index (χ2n) is 6.71. The summed E-state index contributed by atoms with van der Waals surface area (Å²) >= 11 is 0. The number of aryl methyl sites for hydroxylation is 1. The van der Waals surface area contributed by atoms with Crippen molar-refractivity contribution >= 4 is 0 Å². The van der Waals surface area contributed by atoms with Crippen molar-refractivity contribution < 1.29 is 4.74 Å². The molecule has 1 fully saturated rings. The van der Waals surface area contributed by atoms with E-state index in [-0.39, 0.29) is 0 Å². The van der Waals surface area contributed by atoms with Gasteiger partial charge in [-0.25, -0.2) is 0 Å². The fourth-order valence-corrected chi connectivity index (χ4v) is 3.30. The summed E-state index contributed by atoms with van der Waals surface area (Å²) in [5, 5.41) is 3.65. The van der Waals surface area contributed by atoms with Gasteiger partial charge in [0.1, 0.15) is 5.75 Å². The molecule has 0 aliphatic heterocycles. The van der Waals surface area contributed by atoms with Crippen LogP contribution in [-0.4, -0.2) is 24.7 Å². The Labute approximate surface area is 123 Å². The van der Waals surface area contributed by atoms with Crippen molar-refractivity contribution in [1.29, 1.82) is 0 Å². The van der Waals surface area contributed by atoms with E-state index in [0.29, 0.717) is 11.5 Å². The summed E-state index contributed by atoms with van der Waals surface area (Å²) < 4.78 is 5.51. The maximum absolute atomic E-state index is 5.51. The van der Waals surface area contributed by atoms with Crippen molar-refractivity contribution in [3.05, 3.63) is 23.0 Å². The number of nitrogens with one attached hydrogen (secondary N) is 1. The third-order valence-electron chi connectivity index (χ3n) is 4.70. The minimum absolute atomic E-state index is 0.482. The highest BCUT2D eigenvalue weighted by atomic mass is 16.5. The Kier molecular flexibility index (Phi) is 4.38. The molecule has 3 nitrogen and oxygen atoms in total. The number of methoxy groups -OCH3 is 1. The van der Waals surface area contributed by atoms with Gasteiger partial charge in [-0.05, 0) is 38.1 Å². The Bertz CT molecular complexity index is 482. The molecule has 1 aliphatic rings. The molecule has 0 spiro atoms. The third-order valence-corrected chi connectivity index (χ3v) is 4.70. The van der Waals surface area contributed by atoms with Crippen LogP contribution in [-0.2, 0) is 6.42 Å². The smallest absolute Gasteiger partial charge is 0.128 e. The Morgan fingerprint density at radius 3 is 2.60 bits per heavy atom. The minimum atomic E-state index is 0.482. The van der Waals surface area contributed by atoms with E-state index in [0.717, 1.165) is 30.2 Å². The van der Waals surface area contributed by atoms with Crippen molar-refractivity contribution in [3.63, 3.8) is 0 Å². The number of likely N-dealkylation sites (N-methyl/N-ethyl adjacent to an activating group) is 1. The molecule has 0 bridgehead atoms. The molecule has 0 amide bonds. The van der Waals surface area contributed by atoms with E-state index in [9.17, 15) is 0 Å². The zero-order valence-corrected chi connectivity index (χ0v) is 13.7. The summed E-state index contributed by atoms with van der Waals surface area (Å²) in [6.07, 6.45) is 4.24. The van der Waals surface area contributed by atoms with Crippen LogP contribution in [0.5, 0.6) is 5.75 Å². The molecule has 2 rings (SSSR count). The van der Waals surface area contributed by atoms with Gasteiger partial charge in [-0.3, -0.25) is 4.98 Å². The van der Waals surface area contributed by atoms with Crippen LogP contribution in [0.3, 0.4) is 0 Å². The number of hydrogen-bond donors (Lipinski definition) is 1. The summed E-state index contributed by atoms with van der Waals surface area (Å²) in [4.78, 5) is 4.65. The first-order chi connectivity index (χ1) is 9.40. The molecule has 1 aromatic heterocycles. The van der Waals surface area contributed by atoms with E-state index >= 15 is 0 Å². The van der Waals surface area contributed by atoms with Gasteiger partial charge in [-0.2, -0.15) is 0 Å². The van der Waals surface area contributed by atoms with E-state index in [1.165, 1.54) is 17.7 Å². The molecule has 1 heterocycles. The topological polar surface area (TPSA) is 34.2 Å². The van der Waals surface area contributed by atoms with Crippen LogP contribution in [0, 0.1) is 25.2 Å². The van der Waals surface area contributed by atoms with Crippen molar-refractivity contribution in [2.24, 2.45) is 11.3 Å². The number of ether oxygens (including phenoxy) is 1. The molecule has 20 heavy (non-hydrogen) atoms.